The van der Waals surface area contributed by atoms with Crippen LogP contribution in [0.4, 0.5) is 4.79 Å². The van der Waals surface area contributed by atoms with E-state index in [1.807, 2.05) is 6.07 Å². The molecule has 0 saturated carbocycles. The first kappa shape index (κ1) is 23.4. The molecule has 0 unspecified atom stereocenters. The number of nitrogens with one attached hydrogen (secondary N) is 1. The number of nitrogens with zero attached hydrogens (tertiary/aromatic N) is 1. The van der Waals surface area contributed by atoms with Crippen molar-refractivity contribution in [2.75, 3.05) is 0 Å². The Morgan fingerprint density at radius 2 is 1.66 bits per heavy atom. The molecule has 3 rings (SSSR count). The number of hydrogen-bond donors (Lipinski definition) is 3. The van der Waals surface area contributed by atoms with Gasteiger partial charge in [-0.1, -0.05) is 60.7 Å². The van der Waals surface area contributed by atoms with Gasteiger partial charge >= 0.3 is 16.4 Å². The number of hydrogen-bond acceptors (Lipinski definition) is 7. The highest BCUT2D eigenvalue weighted by Crippen LogP contribution is 2.33. The average Bonchev–Trinajstić information content (AvgIpc) is 2.77. The fourth-order valence-corrected chi connectivity index (χ4v) is 4.45. The van der Waals surface area contributed by atoms with E-state index in [1.54, 1.807) is 54.6 Å². The number of Topliss-reactive ketones (excluding diaryl/α,β-unsaturated/α-hetero) is 1. The maximum Gasteiger partial charge on any atom is 0.408 e. The first-order chi connectivity index (χ1) is 15.0. The van der Waals surface area contributed by atoms with E-state index in [0.717, 1.165) is 5.56 Å². The van der Waals surface area contributed by atoms with Gasteiger partial charge in [-0.2, -0.15) is 8.42 Å². The Morgan fingerprint density at radius 1 is 1.12 bits per heavy atom. The van der Waals surface area contributed by atoms with Crippen LogP contribution in [-0.2, 0) is 37.7 Å². The molecule has 1 aliphatic heterocycles. The van der Waals surface area contributed by atoms with Crippen LogP contribution < -0.4 is 11.1 Å². The van der Waals surface area contributed by atoms with Crippen molar-refractivity contribution in [1.82, 2.24) is 9.62 Å². The zero-order valence-corrected chi connectivity index (χ0v) is 18.0. The maximum absolute atomic E-state index is 13.2. The lowest BCUT2D eigenvalue weighted by Gasteiger charge is -2.49. The first-order valence-corrected chi connectivity index (χ1v) is 11.1. The molecular formula is C21H23N3O7S. The third-order valence-electron chi connectivity index (χ3n) is 5.33. The van der Waals surface area contributed by atoms with Gasteiger partial charge in [0.25, 0.3) is 5.91 Å². The van der Waals surface area contributed by atoms with Crippen molar-refractivity contribution in [2.24, 2.45) is 5.73 Å². The van der Waals surface area contributed by atoms with Crippen LogP contribution in [0.3, 0.4) is 0 Å². The van der Waals surface area contributed by atoms with Gasteiger partial charge < -0.3 is 15.8 Å². The van der Waals surface area contributed by atoms with Gasteiger partial charge in [-0.25, -0.2) is 9.10 Å². The molecule has 1 heterocycles. The number of ketones is 1. The Bertz CT molecular complexity index is 1110. The number of ether oxygens (including phenoxy) is 1. The molecule has 1 aliphatic rings. The lowest BCUT2D eigenvalue weighted by molar-refractivity contribution is -0.156. The molecular weight excluding hydrogens is 438 g/mol. The second kappa shape index (κ2) is 9.07. The molecule has 4 N–H and O–H groups in total. The van der Waals surface area contributed by atoms with Crippen molar-refractivity contribution in [1.29, 1.82) is 0 Å². The van der Waals surface area contributed by atoms with Crippen LogP contribution in [0.5, 0.6) is 0 Å². The van der Waals surface area contributed by atoms with Crippen LogP contribution in [0.2, 0.25) is 0 Å². The van der Waals surface area contributed by atoms with E-state index in [9.17, 15) is 27.4 Å². The largest absolute Gasteiger partial charge is 0.445 e. The van der Waals surface area contributed by atoms with Crippen molar-refractivity contribution in [3.05, 3.63) is 71.8 Å². The number of alkyl carbamates (subject to hydrolysis) is 1. The van der Waals surface area contributed by atoms with Gasteiger partial charge in [0, 0.05) is 0 Å². The maximum atomic E-state index is 13.2. The molecule has 1 saturated heterocycles. The standard InChI is InChI=1S/C21H23N3O7S/c1-14-21(22,19(26)24(14)32(28,29)30)18(25)17(12-15-8-4-2-5-9-15)23-20(27)31-13-16-10-6-3-7-11-16/h2-11,14,17H,12-13,22H2,1H3,(H,23,27)(H,28,29,30)/t14-,17-,21+/m0/s1. The second-order valence-corrected chi connectivity index (χ2v) is 8.73. The highest BCUT2D eigenvalue weighted by Gasteiger charge is 2.65. The average molecular weight is 461 g/mol. The van der Waals surface area contributed by atoms with E-state index in [2.05, 4.69) is 5.32 Å². The van der Waals surface area contributed by atoms with E-state index in [-0.39, 0.29) is 17.3 Å². The zero-order chi connectivity index (χ0) is 23.5. The summed E-state index contributed by atoms with van der Waals surface area (Å²) in [5, 5.41) is 2.43. The minimum atomic E-state index is -4.88. The number of amides is 2. The van der Waals surface area contributed by atoms with Crippen molar-refractivity contribution >= 4 is 28.1 Å². The fourth-order valence-electron chi connectivity index (χ4n) is 3.53. The van der Waals surface area contributed by atoms with Crippen LogP contribution >= 0.6 is 0 Å². The van der Waals surface area contributed by atoms with Gasteiger partial charge in [-0.05, 0) is 24.5 Å². The summed E-state index contributed by atoms with van der Waals surface area (Å²) in [6, 6.07) is 15.0. The molecule has 0 aromatic heterocycles. The van der Waals surface area contributed by atoms with Crippen LogP contribution in [-0.4, -0.2) is 52.7 Å². The van der Waals surface area contributed by atoms with Crippen LogP contribution in [0.25, 0.3) is 0 Å². The lowest BCUT2D eigenvalue weighted by Crippen LogP contribution is -2.83. The molecule has 0 bridgehead atoms. The molecule has 1 fully saturated rings. The number of benzene rings is 2. The van der Waals surface area contributed by atoms with E-state index in [4.69, 9.17) is 10.5 Å². The predicted octanol–water partition coefficient (Wildman–Crippen LogP) is 0.824. The molecule has 0 radical (unpaired) electrons. The van der Waals surface area contributed by atoms with Gasteiger partial charge in [0.05, 0.1) is 12.1 Å². The lowest BCUT2D eigenvalue weighted by atomic mass is 9.76. The minimum absolute atomic E-state index is 0.00899. The van der Waals surface area contributed by atoms with Gasteiger partial charge in [-0.15, -0.1) is 0 Å². The first-order valence-electron chi connectivity index (χ1n) is 9.70. The van der Waals surface area contributed by atoms with Crippen molar-refractivity contribution < 1.29 is 32.1 Å². The molecule has 10 nitrogen and oxygen atoms in total. The summed E-state index contributed by atoms with van der Waals surface area (Å²) in [6.07, 6.45) is -0.914. The fraction of sp³-hybridized carbons (Fsp3) is 0.286. The van der Waals surface area contributed by atoms with Gasteiger partial charge in [0.2, 0.25) is 0 Å². The van der Waals surface area contributed by atoms with Crippen LogP contribution in [0.1, 0.15) is 18.1 Å². The van der Waals surface area contributed by atoms with Crippen molar-refractivity contribution in [2.45, 2.75) is 37.6 Å². The van der Waals surface area contributed by atoms with E-state index in [1.165, 1.54) is 6.92 Å². The third-order valence-corrected chi connectivity index (χ3v) is 6.30. The SMILES string of the molecule is C[C@@H]1N(S(=O)(=O)O)C(=O)[C@]1(N)C(=O)[C@H](Cc1ccccc1)NC(=O)OCc1ccccc1. The Labute approximate surface area is 185 Å². The number of rotatable bonds is 8. The summed E-state index contributed by atoms with van der Waals surface area (Å²) in [5.41, 5.74) is 5.18. The van der Waals surface area contributed by atoms with E-state index < -0.39 is 45.7 Å². The molecule has 32 heavy (non-hydrogen) atoms. The van der Waals surface area contributed by atoms with Crippen molar-refractivity contribution in [3.8, 4) is 0 Å². The van der Waals surface area contributed by atoms with E-state index in [0.29, 0.717) is 5.56 Å². The number of β-lactam (4-membered cyclic amide) rings is 1. The summed E-state index contributed by atoms with van der Waals surface area (Å²) in [5.74, 6) is -2.16. The minimum Gasteiger partial charge on any atom is -0.445 e. The Hall–Kier alpha value is -3.28. The van der Waals surface area contributed by atoms with Gasteiger partial charge in [0.1, 0.15) is 6.61 Å². The third kappa shape index (κ3) is 4.64. The molecule has 11 heteroatoms. The molecule has 0 spiro atoms. The van der Waals surface area contributed by atoms with Gasteiger partial charge in [0.15, 0.2) is 11.3 Å². The van der Waals surface area contributed by atoms with E-state index >= 15 is 0 Å². The van der Waals surface area contributed by atoms with Crippen molar-refractivity contribution in [3.63, 3.8) is 0 Å². The summed E-state index contributed by atoms with van der Waals surface area (Å²) < 4.78 is 37.3. The molecule has 3 atom stereocenters. The quantitative estimate of drug-likeness (QED) is 0.296. The Kier molecular flexibility index (Phi) is 6.63. The number of carbonyl (C=O) groups excluding carboxylic acids is 3. The normalized spacial score (nSPS) is 21.4. The predicted molar refractivity (Wildman–Crippen MR) is 113 cm³/mol. The molecule has 2 aromatic carbocycles. The Balaban J connectivity index is 1.79. The monoisotopic (exact) mass is 461 g/mol. The molecule has 2 aromatic rings. The highest BCUT2D eigenvalue weighted by molar-refractivity contribution is 7.84. The molecule has 0 aliphatic carbocycles. The van der Waals surface area contributed by atoms with Gasteiger partial charge in [-0.3, -0.25) is 14.1 Å². The Morgan fingerprint density at radius 3 is 2.16 bits per heavy atom. The summed E-state index contributed by atoms with van der Waals surface area (Å²) >= 11 is 0. The molecule has 2 amide bonds. The summed E-state index contributed by atoms with van der Waals surface area (Å²) in [7, 11) is -4.88. The number of nitrogens with two attached hydrogens (primary N) is 1. The van der Waals surface area contributed by atoms with Crippen LogP contribution in [0, 0.1) is 0 Å². The number of carbonyl (C=O) groups is 3. The second-order valence-electron chi connectivity index (χ2n) is 7.44. The topological polar surface area (TPSA) is 156 Å². The van der Waals surface area contributed by atoms with Crippen LogP contribution in [0.15, 0.2) is 60.7 Å². The summed E-state index contributed by atoms with van der Waals surface area (Å²) in [6.45, 7) is 1.18. The summed E-state index contributed by atoms with van der Waals surface area (Å²) in [4.78, 5) is 38.1. The zero-order valence-electron chi connectivity index (χ0n) is 17.2. The smallest absolute Gasteiger partial charge is 0.408 e. The molecule has 170 valence electrons. The highest BCUT2D eigenvalue weighted by atomic mass is 32.2.